The Kier molecular flexibility index (Phi) is 22.7. The Labute approximate surface area is 287 Å². The summed E-state index contributed by atoms with van der Waals surface area (Å²) in [4.78, 5) is 0.0642. The monoisotopic (exact) mass is 678 g/mol. The molecule has 2 aromatic carbocycles. The van der Waals surface area contributed by atoms with Gasteiger partial charge < -0.3 is 0 Å². The molecule has 0 aliphatic heterocycles. The Morgan fingerprint density at radius 2 is 1.00 bits per heavy atom. The van der Waals surface area contributed by atoms with Crippen LogP contribution in [0, 0.1) is 0 Å². The Morgan fingerprint density at radius 3 is 1.37 bits per heavy atom. The fourth-order valence-corrected chi connectivity index (χ4v) is 11.6. The van der Waals surface area contributed by atoms with E-state index in [4.69, 9.17) is 0 Å². The quantitative estimate of drug-likeness (QED) is 0.0683. The fourth-order valence-electron chi connectivity index (χ4n) is 6.86. The predicted molar refractivity (Wildman–Crippen MR) is 210 cm³/mol. The zero-order valence-electron chi connectivity index (χ0n) is 31.5. The number of hydrogen-bond acceptors (Lipinski definition) is 2. The third kappa shape index (κ3) is 16.9. The first-order valence-corrected chi connectivity index (χ1v) is 23.5. The van der Waals surface area contributed by atoms with E-state index in [1.807, 2.05) is 45.9 Å². The second-order valence-electron chi connectivity index (χ2n) is 14.8. The first-order chi connectivity index (χ1) is 21.9. The van der Waals surface area contributed by atoms with Crippen LogP contribution in [0.4, 0.5) is 0 Å². The van der Waals surface area contributed by atoms with Gasteiger partial charge in [0.2, 0.25) is 0 Å². The minimum atomic E-state index is -4.26. The summed E-state index contributed by atoms with van der Waals surface area (Å²) in [7, 11) is -4.90. The van der Waals surface area contributed by atoms with Gasteiger partial charge in [-0.2, -0.15) is 8.42 Å². The molecule has 0 saturated heterocycles. The van der Waals surface area contributed by atoms with E-state index in [9.17, 15) is 13.0 Å². The molecule has 46 heavy (non-hydrogen) atoms. The molecule has 0 fully saturated rings. The van der Waals surface area contributed by atoms with Crippen molar-refractivity contribution in [2.75, 3.05) is 25.2 Å². The molecule has 266 valence electrons. The van der Waals surface area contributed by atoms with E-state index in [1.54, 1.807) is 30.6 Å². The molecule has 2 aromatic rings. The molecule has 0 radical (unpaired) electrons. The highest BCUT2D eigenvalue weighted by molar-refractivity contribution is 7.86. The van der Waals surface area contributed by atoms with Crippen LogP contribution in [0.1, 0.15) is 187 Å². The van der Waals surface area contributed by atoms with Gasteiger partial charge in [0.15, 0.2) is 0 Å². The standard InChI is InChI=1S/C25H54P.C16H20O3S/c1-5-8-11-14-17-20-23-26(4,24-21-18-15-12-9-6-2)25-22-19-16-13-10-7-3;1-10(2)14-9-12-7-5-6-8-13(12)16(20(17,18)19)15(14)11(3)4/h5-25H2,1-4H3;5-11H,1-4H3,(H,17,18,19)/q+1;. The van der Waals surface area contributed by atoms with Gasteiger partial charge in [0, 0.05) is 19.3 Å². The largest absolute Gasteiger partial charge is 0.295 e. The van der Waals surface area contributed by atoms with Crippen molar-refractivity contribution in [1.82, 2.24) is 0 Å². The predicted octanol–water partition coefficient (Wildman–Crippen LogP) is 14.0. The third-order valence-corrected chi connectivity index (χ3v) is 14.8. The number of fused-ring (bicyclic) bond motifs is 1. The van der Waals surface area contributed by atoms with Crippen molar-refractivity contribution in [1.29, 1.82) is 0 Å². The first kappa shape index (κ1) is 43.1. The van der Waals surface area contributed by atoms with Crippen molar-refractivity contribution in [2.24, 2.45) is 0 Å². The van der Waals surface area contributed by atoms with Crippen LogP contribution < -0.4 is 0 Å². The van der Waals surface area contributed by atoms with Crippen LogP contribution in [-0.4, -0.2) is 38.1 Å². The smallest absolute Gasteiger partial charge is 0.282 e. The summed E-state index contributed by atoms with van der Waals surface area (Å²) in [6, 6.07) is 9.31. The number of hydrogen-bond donors (Lipinski definition) is 1. The molecule has 3 nitrogen and oxygen atoms in total. The summed E-state index contributed by atoms with van der Waals surface area (Å²) in [5.74, 6) is 0.214. The number of unbranched alkanes of at least 4 members (excludes halogenated alkanes) is 15. The normalized spacial score (nSPS) is 12.2. The van der Waals surface area contributed by atoms with E-state index >= 15 is 0 Å². The summed E-state index contributed by atoms with van der Waals surface area (Å²) in [6.07, 6.45) is 31.2. The lowest BCUT2D eigenvalue weighted by molar-refractivity contribution is 0.482. The molecule has 0 spiro atoms. The SMILES string of the molecule is CC(C)c1cc2ccccc2c(S(=O)(=O)O)c1C(C)C.CCCCCCCC[P+](C)(CCCCCCCC)CCCCCCCC. The van der Waals surface area contributed by atoms with Gasteiger partial charge in [-0.05, 0) is 66.9 Å². The molecule has 5 heteroatoms. The average molecular weight is 678 g/mol. The molecule has 0 bridgehead atoms. The minimum Gasteiger partial charge on any atom is -0.282 e. The maximum absolute atomic E-state index is 11.9. The van der Waals surface area contributed by atoms with Crippen LogP contribution in [-0.2, 0) is 10.1 Å². The first-order valence-electron chi connectivity index (χ1n) is 19.3. The summed E-state index contributed by atoms with van der Waals surface area (Å²) in [6.45, 7) is 17.7. The van der Waals surface area contributed by atoms with Gasteiger partial charge in [-0.15, -0.1) is 0 Å². The van der Waals surface area contributed by atoms with E-state index in [0.717, 1.165) is 16.5 Å². The Hall–Kier alpha value is -0.960. The van der Waals surface area contributed by atoms with Crippen molar-refractivity contribution in [3.63, 3.8) is 0 Å². The molecule has 0 unspecified atom stereocenters. The van der Waals surface area contributed by atoms with Crippen LogP contribution in [0.2, 0.25) is 0 Å². The molecule has 0 aliphatic carbocycles. The van der Waals surface area contributed by atoms with E-state index in [1.165, 1.54) is 116 Å². The second kappa shape index (κ2) is 24.2. The number of benzene rings is 2. The molecule has 2 rings (SSSR count). The van der Waals surface area contributed by atoms with Gasteiger partial charge in [-0.25, -0.2) is 0 Å². The fraction of sp³-hybridized carbons (Fsp3) is 0.756. The van der Waals surface area contributed by atoms with E-state index in [-0.39, 0.29) is 16.7 Å². The van der Waals surface area contributed by atoms with Crippen LogP contribution >= 0.6 is 7.26 Å². The maximum atomic E-state index is 11.9. The van der Waals surface area contributed by atoms with Gasteiger partial charge in [-0.3, -0.25) is 4.55 Å². The molecule has 0 amide bonds. The van der Waals surface area contributed by atoms with Crippen LogP contribution in [0.25, 0.3) is 10.8 Å². The van der Waals surface area contributed by atoms with Gasteiger partial charge in [-0.1, -0.05) is 156 Å². The van der Waals surface area contributed by atoms with Gasteiger partial charge >= 0.3 is 0 Å². The van der Waals surface area contributed by atoms with Crippen molar-refractivity contribution >= 4 is 28.2 Å². The number of rotatable bonds is 24. The highest BCUT2D eigenvalue weighted by atomic mass is 32.2. The Balaban J connectivity index is 0.000000473. The van der Waals surface area contributed by atoms with Gasteiger partial charge in [0.25, 0.3) is 10.1 Å². The van der Waals surface area contributed by atoms with Crippen LogP contribution in [0.3, 0.4) is 0 Å². The van der Waals surface area contributed by atoms with Crippen molar-refractivity contribution in [2.45, 2.75) is 181 Å². The molecular formula is C41H74O3PS+. The second-order valence-corrected chi connectivity index (χ2v) is 20.7. The molecule has 0 atom stereocenters. The lowest BCUT2D eigenvalue weighted by Crippen LogP contribution is -2.10. The topological polar surface area (TPSA) is 54.4 Å². The van der Waals surface area contributed by atoms with Crippen LogP contribution in [0.15, 0.2) is 35.2 Å². The van der Waals surface area contributed by atoms with Crippen LogP contribution in [0.5, 0.6) is 0 Å². The summed E-state index contributed by atoms with van der Waals surface area (Å²) >= 11 is 0. The molecule has 0 aliphatic rings. The lowest BCUT2D eigenvalue weighted by Gasteiger charge is -2.24. The highest BCUT2D eigenvalue weighted by Gasteiger charge is 2.29. The van der Waals surface area contributed by atoms with Gasteiger partial charge in [0.05, 0.1) is 18.5 Å². The highest BCUT2D eigenvalue weighted by Crippen LogP contribution is 2.57. The molecule has 0 heterocycles. The molecule has 0 aromatic heterocycles. The van der Waals surface area contributed by atoms with Crippen molar-refractivity contribution in [3.8, 4) is 0 Å². The van der Waals surface area contributed by atoms with E-state index in [2.05, 4.69) is 27.4 Å². The lowest BCUT2D eigenvalue weighted by atomic mass is 9.88. The Bertz CT molecular complexity index is 1130. The van der Waals surface area contributed by atoms with Gasteiger partial charge in [0.1, 0.15) is 4.90 Å². The van der Waals surface area contributed by atoms with Crippen molar-refractivity contribution in [3.05, 3.63) is 41.5 Å². The average Bonchev–Trinajstić information content (AvgIpc) is 3.01. The maximum Gasteiger partial charge on any atom is 0.295 e. The summed E-state index contributed by atoms with van der Waals surface area (Å²) in [5.41, 5.74) is 1.70. The molecular weight excluding hydrogens is 603 g/mol. The zero-order valence-corrected chi connectivity index (χ0v) is 33.2. The zero-order chi connectivity index (χ0) is 34.4. The third-order valence-electron chi connectivity index (χ3n) is 9.68. The summed E-state index contributed by atoms with van der Waals surface area (Å²) < 4.78 is 33.5. The molecule has 1 N–H and O–H groups in total. The van der Waals surface area contributed by atoms with E-state index < -0.39 is 17.4 Å². The van der Waals surface area contributed by atoms with Crippen molar-refractivity contribution < 1.29 is 13.0 Å². The molecule has 0 saturated carbocycles. The summed E-state index contributed by atoms with van der Waals surface area (Å²) in [5, 5.41) is 1.43. The van der Waals surface area contributed by atoms with E-state index in [0.29, 0.717) is 5.39 Å². The Morgan fingerprint density at radius 1 is 0.609 bits per heavy atom. The minimum absolute atomic E-state index is 0.0222.